The van der Waals surface area contributed by atoms with Crippen LogP contribution in [0.4, 0.5) is 0 Å². The van der Waals surface area contributed by atoms with Gasteiger partial charge in [0.05, 0.1) is 24.4 Å². The normalized spacial score (nSPS) is 37.2. The van der Waals surface area contributed by atoms with E-state index in [2.05, 4.69) is 4.98 Å². The number of hydrogen-bond acceptors (Lipinski definition) is 12. The number of pyridine rings is 1. The maximum absolute atomic E-state index is 14.1. The molecule has 0 aliphatic carbocycles. The van der Waals surface area contributed by atoms with Crippen LogP contribution in [0.5, 0.6) is 0 Å². The number of carbonyl (C=O) groups is 4. The number of ketones is 2. The van der Waals surface area contributed by atoms with Gasteiger partial charge in [0.25, 0.3) is 11.7 Å². The van der Waals surface area contributed by atoms with E-state index < -0.39 is 72.0 Å². The van der Waals surface area contributed by atoms with Crippen LogP contribution in [0.25, 0.3) is 6.08 Å². The number of amides is 1. The SMILES string of the molecule is CC/C1=C\C(C)CC(C)CC(OC)C2OC(O)(C(=O)C(=O)N3CCCCC3C(=O)OC(C(C)=Cc3ccncc3)C(N)C(O)CC1=O)C(C)CC2OC. The van der Waals surface area contributed by atoms with Crippen LogP contribution in [-0.2, 0) is 38.1 Å². The quantitative estimate of drug-likeness (QED) is 0.295. The molecule has 2 fully saturated rings. The average Bonchev–Trinajstić information content (AvgIpc) is 3.14. The lowest BCUT2D eigenvalue weighted by atomic mass is 9.81. The van der Waals surface area contributed by atoms with E-state index in [1.165, 1.54) is 14.2 Å². The van der Waals surface area contributed by atoms with Crippen molar-refractivity contribution in [2.75, 3.05) is 20.8 Å². The number of allylic oxidation sites excluding steroid dienone is 2. The highest BCUT2D eigenvalue weighted by Crippen LogP contribution is 2.39. The first-order valence-electron chi connectivity index (χ1n) is 18.9. The Hall–Kier alpha value is -3.33. The van der Waals surface area contributed by atoms with Crippen molar-refractivity contribution in [3.05, 3.63) is 47.3 Å². The van der Waals surface area contributed by atoms with E-state index in [-0.39, 0.29) is 43.4 Å². The maximum Gasteiger partial charge on any atom is 0.329 e. The number of piperidine rings is 1. The zero-order valence-corrected chi connectivity index (χ0v) is 32.2. The fourth-order valence-corrected chi connectivity index (χ4v) is 8.02. The minimum atomic E-state index is -2.51. The summed E-state index contributed by atoms with van der Waals surface area (Å²) in [5.74, 6) is -6.64. The van der Waals surface area contributed by atoms with Crippen molar-refractivity contribution in [2.45, 2.75) is 134 Å². The third kappa shape index (κ3) is 10.1. The number of methoxy groups -OCH3 is 2. The summed E-state index contributed by atoms with van der Waals surface area (Å²) in [6, 6.07) is 1.12. The standard InChI is InChI=1S/C40H59N3O10/c1-8-28-18-23(2)17-24(3)19-32(50-6)36-33(51-7)21-26(5)40(49,53-36)37(46)38(47)43-16-10-9-11-29(43)39(48)52-35(34(41)31(45)22-30(28)44)25(4)20-27-12-14-42-15-13-27/h12-15,18,20,23-24,26,29,31-36,45,49H,8-11,16-17,19,21-22,41H2,1-7H3/b25-20?,28-18+. The van der Waals surface area contributed by atoms with Gasteiger partial charge in [0.1, 0.15) is 18.2 Å². The molecule has 294 valence electrons. The van der Waals surface area contributed by atoms with Crippen molar-refractivity contribution in [1.82, 2.24) is 9.88 Å². The van der Waals surface area contributed by atoms with E-state index in [9.17, 15) is 29.4 Å². The molecule has 11 atom stereocenters. The maximum atomic E-state index is 14.1. The molecule has 4 rings (SSSR count). The van der Waals surface area contributed by atoms with Crippen LogP contribution in [0.15, 0.2) is 41.7 Å². The molecular formula is C40H59N3O10. The van der Waals surface area contributed by atoms with Gasteiger partial charge in [-0.25, -0.2) is 4.79 Å². The number of rotatable bonds is 5. The first-order chi connectivity index (χ1) is 25.1. The van der Waals surface area contributed by atoms with E-state index in [1.54, 1.807) is 44.4 Å². The number of aliphatic hydroxyl groups is 2. The third-order valence-electron chi connectivity index (χ3n) is 11.1. The van der Waals surface area contributed by atoms with Crippen molar-refractivity contribution in [2.24, 2.45) is 23.5 Å². The second kappa shape index (κ2) is 18.8. The van der Waals surface area contributed by atoms with Crippen LogP contribution in [0.2, 0.25) is 0 Å². The summed E-state index contributed by atoms with van der Waals surface area (Å²) in [4.78, 5) is 61.1. The van der Waals surface area contributed by atoms with E-state index >= 15 is 0 Å². The Bertz CT molecular complexity index is 1500. The Morgan fingerprint density at radius 1 is 1.06 bits per heavy atom. The molecule has 13 nitrogen and oxygen atoms in total. The number of nitrogens with two attached hydrogens (primary N) is 1. The molecule has 2 bridgehead atoms. The van der Waals surface area contributed by atoms with Gasteiger partial charge in [0.2, 0.25) is 5.79 Å². The molecular weight excluding hydrogens is 682 g/mol. The first-order valence-corrected chi connectivity index (χ1v) is 18.9. The van der Waals surface area contributed by atoms with Crippen LogP contribution in [0.3, 0.4) is 0 Å². The molecule has 53 heavy (non-hydrogen) atoms. The van der Waals surface area contributed by atoms with Crippen LogP contribution >= 0.6 is 0 Å². The first kappa shape index (κ1) is 42.4. The number of ether oxygens (including phenoxy) is 4. The number of aliphatic hydroxyl groups excluding tert-OH is 1. The fraction of sp³-hybridized carbons (Fsp3) is 0.675. The lowest BCUT2D eigenvalue weighted by molar-refractivity contribution is -0.302. The van der Waals surface area contributed by atoms with Crippen LogP contribution in [0, 0.1) is 17.8 Å². The number of esters is 1. The molecule has 0 spiro atoms. The number of cyclic esters (lactones) is 1. The van der Waals surface area contributed by atoms with Gasteiger partial charge in [0.15, 0.2) is 5.78 Å². The van der Waals surface area contributed by atoms with E-state index in [0.717, 1.165) is 10.5 Å². The Morgan fingerprint density at radius 2 is 1.72 bits per heavy atom. The number of hydrogen-bond donors (Lipinski definition) is 3. The largest absolute Gasteiger partial charge is 0.455 e. The molecule has 1 aromatic rings. The zero-order valence-electron chi connectivity index (χ0n) is 32.2. The predicted octanol–water partition coefficient (Wildman–Crippen LogP) is 3.54. The monoisotopic (exact) mass is 741 g/mol. The third-order valence-corrected chi connectivity index (χ3v) is 11.1. The topological polar surface area (TPSA) is 188 Å². The highest BCUT2D eigenvalue weighted by molar-refractivity contribution is 6.39. The molecule has 3 aliphatic rings. The second-order valence-corrected chi connectivity index (χ2v) is 15.2. The molecule has 0 radical (unpaired) electrons. The van der Waals surface area contributed by atoms with Crippen molar-refractivity contribution in [3.63, 3.8) is 0 Å². The fourth-order valence-electron chi connectivity index (χ4n) is 8.02. The van der Waals surface area contributed by atoms with Gasteiger partial charge in [-0.05, 0) is 92.5 Å². The molecule has 2 saturated heterocycles. The summed E-state index contributed by atoms with van der Waals surface area (Å²) < 4.78 is 23.9. The van der Waals surface area contributed by atoms with Crippen molar-refractivity contribution in [3.8, 4) is 0 Å². The molecule has 0 aromatic carbocycles. The van der Waals surface area contributed by atoms with Gasteiger partial charge in [-0.3, -0.25) is 19.4 Å². The Labute approximate surface area is 313 Å². The summed E-state index contributed by atoms with van der Waals surface area (Å²) in [7, 11) is 3.05. The van der Waals surface area contributed by atoms with Gasteiger partial charge in [-0.1, -0.05) is 39.8 Å². The molecule has 1 amide bonds. The van der Waals surface area contributed by atoms with Gasteiger partial charge >= 0.3 is 5.97 Å². The molecule has 4 heterocycles. The van der Waals surface area contributed by atoms with E-state index in [1.807, 2.05) is 26.8 Å². The number of fused-ring (bicyclic) bond motifs is 3. The number of aromatic nitrogens is 1. The smallest absolute Gasteiger partial charge is 0.329 e. The highest BCUT2D eigenvalue weighted by atomic mass is 16.7. The van der Waals surface area contributed by atoms with E-state index in [0.29, 0.717) is 43.3 Å². The summed E-state index contributed by atoms with van der Waals surface area (Å²) in [6.07, 6.45) is 5.08. The number of Topliss-reactive ketones (excluding diaryl/α,β-unsaturated/α-hetero) is 2. The van der Waals surface area contributed by atoms with Crippen molar-refractivity contribution < 1.29 is 48.3 Å². The predicted molar refractivity (Wildman–Crippen MR) is 197 cm³/mol. The summed E-state index contributed by atoms with van der Waals surface area (Å²) >= 11 is 0. The van der Waals surface area contributed by atoms with Crippen molar-refractivity contribution >= 4 is 29.5 Å². The van der Waals surface area contributed by atoms with Crippen LogP contribution in [0.1, 0.15) is 91.5 Å². The minimum absolute atomic E-state index is 0.0281. The minimum Gasteiger partial charge on any atom is -0.455 e. The Kier molecular flexibility index (Phi) is 15.1. The van der Waals surface area contributed by atoms with Crippen LogP contribution in [-0.4, -0.2) is 113 Å². The molecule has 11 unspecified atom stereocenters. The lowest BCUT2D eigenvalue weighted by Crippen LogP contribution is -2.64. The molecule has 0 saturated carbocycles. The summed E-state index contributed by atoms with van der Waals surface area (Å²) in [6.45, 7) is 9.34. The van der Waals surface area contributed by atoms with Crippen LogP contribution < -0.4 is 5.73 Å². The molecule has 13 heteroatoms. The van der Waals surface area contributed by atoms with Gasteiger partial charge < -0.3 is 39.8 Å². The van der Waals surface area contributed by atoms with Crippen molar-refractivity contribution in [1.29, 1.82) is 0 Å². The molecule has 4 N–H and O–H groups in total. The Morgan fingerprint density at radius 3 is 2.36 bits per heavy atom. The summed E-state index contributed by atoms with van der Waals surface area (Å²) in [5.41, 5.74) is 8.43. The summed E-state index contributed by atoms with van der Waals surface area (Å²) in [5, 5.41) is 23.4. The number of carbonyl (C=O) groups excluding carboxylic acids is 4. The lowest BCUT2D eigenvalue weighted by Gasteiger charge is -2.47. The average molecular weight is 742 g/mol. The van der Waals surface area contributed by atoms with E-state index in [4.69, 9.17) is 24.7 Å². The Balaban J connectivity index is 1.78. The zero-order chi connectivity index (χ0) is 39.0. The van der Waals surface area contributed by atoms with Gasteiger partial charge in [-0.2, -0.15) is 0 Å². The molecule has 1 aromatic heterocycles. The van der Waals surface area contributed by atoms with Gasteiger partial charge in [-0.15, -0.1) is 0 Å². The highest BCUT2D eigenvalue weighted by Gasteiger charge is 2.56. The number of nitrogens with zero attached hydrogens (tertiary/aromatic N) is 2. The second-order valence-electron chi connectivity index (χ2n) is 15.2. The molecule has 3 aliphatic heterocycles. The van der Waals surface area contributed by atoms with Gasteiger partial charge in [0, 0.05) is 45.5 Å².